The standard InChI is InChI=1S/C19H32O2/c1-5-18(2,3)17(20)21-19(4)10-13-9-14(19)16-12-7-6-11(8-12)15(13)16/h11-17,20H,5-10H2,1-4H3/t11?,12?,13?,14?,15?,16?,17-,19?/m1/s1. The Morgan fingerprint density at radius 3 is 2.48 bits per heavy atom. The van der Waals surface area contributed by atoms with Gasteiger partial charge < -0.3 is 9.84 Å². The normalized spacial score (nSPS) is 52.4. The summed E-state index contributed by atoms with van der Waals surface area (Å²) in [5.74, 6) is 5.56. The molecule has 0 heterocycles. The predicted molar refractivity (Wildman–Crippen MR) is 83.6 cm³/mol. The molecular formula is C19H32O2. The Kier molecular flexibility index (Phi) is 3.09. The molecule has 7 unspecified atom stereocenters. The molecule has 4 aliphatic rings. The molecular weight excluding hydrogens is 260 g/mol. The van der Waals surface area contributed by atoms with E-state index in [4.69, 9.17) is 4.74 Å². The molecule has 0 aliphatic heterocycles. The summed E-state index contributed by atoms with van der Waals surface area (Å²) in [6, 6.07) is 0. The van der Waals surface area contributed by atoms with E-state index in [9.17, 15) is 5.11 Å². The van der Waals surface area contributed by atoms with Crippen LogP contribution in [0.1, 0.15) is 66.2 Å². The second-order valence-corrected chi connectivity index (χ2v) is 9.42. The lowest BCUT2D eigenvalue weighted by Crippen LogP contribution is -2.48. The van der Waals surface area contributed by atoms with E-state index in [0.717, 1.165) is 36.0 Å². The van der Waals surface area contributed by atoms with Crippen molar-refractivity contribution < 1.29 is 9.84 Å². The molecule has 0 radical (unpaired) electrons. The molecule has 4 saturated carbocycles. The Hall–Kier alpha value is -0.0800. The summed E-state index contributed by atoms with van der Waals surface area (Å²) >= 11 is 0. The van der Waals surface area contributed by atoms with Gasteiger partial charge in [-0.15, -0.1) is 0 Å². The molecule has 0 amide bonds. The van der Waals surface area contributed by atoms with Crippen LogP contribution >= 0.6 is 0 Å². The number of hydrogen-bond donors (Lipinski definition) is 1. The molecule has 4 aliphatic carbocycles. The fourth-order valence-corrected chi connectivity index (χ4v) is 6.59. The van der Waals surface area contributed by atoms with Crippen LogP contribution in [-0.2, 0) is 4.74 Å². The summed E-state index contributed by atoms with van der Waals surface area (Å²) in [5, 5.41) is 10.6. The minimum Gasteiger partial charge on any atom is -0.367 e. The molecule has 2 nitrogen and oxygen atoms in total. The van der Waals surface area contributed by atoms with E-state index >= 15 is 0 Å². The van der Waals surface area contributed by atoms with Gasteiger partial charge in [-0.3, -0.25) is 0 Å². The third kappa shape index (κ3) is 1.91. The molecule has 0 aromatic rings. The second-order valence-electron chi connectivity index (χ2n) is 9.42. The van der Waals surface area contributed by atoms with E-state index in [1.807, 2.05) is 0 Å². The Morgan fingerprint density at radius 1 is 1.14 bits per heavy atom. The van der Waals surface area contributed by atoms with Crippen molar-refractivity contribution in [2.24, 2.45) is 40.9 Å². The van der Waals surface area contributed by atoms with E-state index in [1.165, 1.54) is 32.1 Å². The van der Waals surface area contributed by atoms with Gasteiger partial charge >= 0.3 is 0 Å². The predicted octanol–water partition coefficient (Wildman–Crippen LogP) is 4.22. The van der Waals surface area contributed by atoms with Crippen LogP contribution in [0.25, 0.3) is 0 Å². The van der Waals surface area contributed by atoms with Gasteiger partial charge in [0.15, 0.2) is 6.29 Å². The molecule has 0 aromatic heterocycles. The first-order chi connectivity index (χ1) is 9.86. The molecule has 2 heteroatoms. The van der Waals surface area contributed by atoms with Gasteiger partial charge in [0.25, 0.3) is 0 Å². The van der Waals surface area contributed by atoms with Gasteiger partial charge in [-0.2, -0.15) is 0 Å². The minimum atomic E-state index is -0.621. The lowest BCUT2D eigenvalue weighted by Gasteiger charge is -2.47. The van der Waals surface area contributed by atoms with E-state index in [1.54, 1.807) is 0 Å². The SMILES string of the molecule is CCC(C)(C)[C@H](O)OC1(C)CC2CC1C1C3CCC(C3)C21. The van der Waals surface area contributed by atoms with Crippen molar-refractivity contribution >= 4 is 0 Å². The van der Waals surface area contributed by atoms with Gasteiger partial charge in [0.2, 0.25) is 0 Å². The first kappa shape index (κ1) is 14.5. The maximum Gasteiger partial charge on any atom is 0.160 e. The van der Waals surface area contributed by atoms with Gasteiger partial charge in [-0.05, 0) is 81.0 Å². The smallest absolute Gasteiger partial charge is 0.160 e. The summed E-state index contributed by atoms with van der Waals surface area (Å²) in [5.41, 5.74) is -0.207. The van der Waals surface area contributed by atoms with Crippen LogP contribution in [0.15, 0.2) is 0 Å². The topological polar surface area (TPSA) is 29.5 Å². The number of fused-ring (bicyclic) bond motifs is 9. The zero-order valence-electron chi connectivity index (χ0n) is 14.1. The van der Waals surface area contributed by atoms with Crippen LogP contribution in [-0.4, -0.2) is 17.0 Å². The number of rotatable bonds is 4. The Balaban J connectivity index is 1.53. The van der Waals surface area contributed by atoms with Crippen molar-refractivity contribution in [1.82, 2.24) is 0 Å². The average Bonchev–Trinajstić information content (AvgIpc) is 3.14. The van der Waals surface area contributed by atoms with Crippen LogP contribution in [0.5, 0.6) is 0 Å². The van der Waals surface area contributed by atoms with Gasteiger partial charge in [-0.25, -0.2) is 0 Å². The third-order valence-electron chi connectivity index (χ3n) is 8.02. The highest BCUT2D eigenvalue weighted by molar-refractivity contribution is 5.15. The number of ether oxygens (including phenoxy) is 1. The lowest BCUT2D eigenvalue weighted by molar-refractivity contribution is -0.248. The van der Waals surface area contributed by atoms with Gasteiger partial charge in [0.05, 0.1) is 5.60 Å². The highest BCUT2D eigenvalue weighted by atomic mass is 16.6. The summed E-state index contributed by atoms with van der Waals surface area (Å²) < 4.78 is 6.36. The summed E-state index contributed by atoms with van der Waals surface area (Å²) in [4.78, 5) is 0. The number of aliphatic hydroxyl groups is 1. The van der Waals surface area contributed by atoms with E-state index in [2.05, 4.69) is 27.7 Å². The summed E-state index contributed by atoms with van der Waals surface area (Å²) in [6.07, 6.45) is 7.36. The number of aliphatic hydroxyl groups excluding tert-OH is 1. The van der Waals surface area contributed by atoms with Crippen molar-refractivity contribution in [3.63, 3.8) is 0 Å². The number of hydrogen-bond acceptors (Lipinski definition) is 2. The first-order valence-electron chi connectivity index (χ1n) is 9.21. The molecule has 8 atom stereocenters. The molecule has 120 valence electrons. The molecule has 0 saturated heterocycles. The van der Waals surface area contributed by atoms with Crippen LogP contribution in [0.2, 0.25) is 0 Å². The molecule has 0 aromatic carbocycles. The summed E-state index contributed by atoms with van der Waals surface area (Å²) in [6.45, 7) is 8.68. The van der Waals surface area contributed by atoms with Crippen molar-refractivity contribution in [3.05, 3.63) is 0 Å². The van der Waals surface area contributed by atoms with Gasteiger partial charge in [0.1, 0.15) is 0 Å². The van der Waals surface area contributed by atoms with Crippen molar-refractivity contribution in [2.45, 2.75) is 78.1 Å². The minimum absolute atomic E-state index is 0.0673. The van der Waals surface area contributed by atoms with Gasteiger partial charge in [0, 0.05) is 5.41 Å². The zero-order valence-corrected chi connectivity index (χ0v) is 14.1. The largest absolute Gasteiger partial charge is 0.367 e. The van der Waals surface area contributed by atoms with Crippen molar-refractivity contribution in [2.75, 3.05) is 0 Å². The third-order valence-corrected chi connectivity index (χ3v) is 8.02. The fraction of sp³-hybridized carbons (Fsp3) is 1.00. The lowest BCUT2D eigenvalue weighted by atomic mass is 9.66. The Labute approximate surface area is 129 Å². The van der Waals surface area contributed by atoms with Crippen LogP contribution < -0.4 is 0 Å². The van der Waals surface area contributed by atoms with E-state index < -0.39 is 6.29 Å². The Morgan fingerprint density at radius 2 is 1.81 bits per heavy atom. The second kappa shape index (κ2) is 4.47. The average molecular weight is 292 g/mol. The molecule has 4 fully saturated rings. The molecule has 0 spiro atoms. The van der Waals surface area contributed by atoms with Gasteiger partial charge in [-0.1, -0.05) is 20.8 Å². The molecule has 4 rings (SSSR count). The molecule has 4 bridgehead atoms. The van der Waals surface area contributed by atoms with Crippen molar-refractivity contribution in [1.29, 1.82) is 0 Å². The Bertz CT molecular complexity index is 431. The first-order valence-corrected chi connectivity index (χ1v) is 9.21. The highest BCUT2D eigenvalue weighted by Gasteiger charge is 2.66. The van der Waals surface area contributed by atoms with E-state index in [-0.39, 0.29) is 11.0 Å². The van der Waals surface area contributed by atoms with Crippen LogP contribution in [0, 0.1) is 40.9 Å². The van der Waals surface area contributed by atoms with Crippen LogP contribution in [0.4, 0.5) is 0 Å². The monoisotopic (exact) mass is 292 g/mol. The quantitative estimate of drug-likeness (QED) is 0.621. The zero-order chi connectivity index (χ0) is 15.0. The van der Waals surface area contributed by atoms with Crippen LogP contribution in [0.3, 0.4) is 0 Å². The maximum absolute atomic E-state index is 10.6. The maximum atomic E-state index is 10.6. The van der Waals surface area contributed by atoms with Crippen molar-refractivity contribution in [3.8, 4) is 0 Å². The van der Waals surface area contributed by atoms with E-state index in [0.29, 0.717) is 5.92 Å². The molecule has 21 heavy (non-hydrogen) atoms. The summed E-state index contributed by atoms with van der Waals surface area (Å²) in [7, 11) is 0. The highest BCUT2D eigenvalue weighted by Crippen LogP contribution is 2.70. The fourth-order valence-electron chi connectivity index (χ4n) is 6.59. The molecule has 1 N–H and O–H groups in total.